The molecule has 33 heavy (non-hydrogen) atoms. The van der Waals surface area contributed by atoms with Gasteiger partial charge in [0, 0.05) is 23.7 Å². The van der Waals surface area contributed by atoms with Crippen LogP contribution in [0.15, 0.2) is 42.5 Å². The molecule has 0 saturated carbocycles. The Kier molecular flexibility index (Phi) is 6.27. The molecule has 0 aliphatic carbocycles. The minimum Gasteiger partial charge on any atom is -0.337 e. The Morgan fingerprint density at radius 3 is 2.82 bits per heavy atom. The lowest BCUT2D eigenvalue weighted by atomic mass is 9.97. The maximum absolute atomic E-state index is 14.5. The average Bonchev–Trinajstić information content (AvgIpc) is 3.27. The number of amides is 1. The molecule has 0 radical (unpaired) electrons. The Bertz CT molecular complexity index is 1080. The fourth-order valence-corrected chi connectivity index (χ4v) is 5.08. The van der Waals surface area contributed by atoms with Crippen molar-refractivity contribution in [3.05, 3.63) is 64.4 Å². The molecule has 2 aromatic rings. The van der Waals surface area contributed by atoms with Gasteiger partial charge in [-0.25, -0.2) is 4.39 Å². The molecule has 1 saturated heterocycles. The van der Waals surface area contributed by atoms with Gasteiger partial charge in [0.05, 0.1) is 23.5 Å². The first-order valence-corrected chi connectivity index (χ1v) is 12.0. The molecule has 0 aromatic heterocycles. The first-order chi connectivity index (χ1) is 16.0. The number of piperidine rings is 1. The van der Waals surface area contributed by atoms with Gasteiger partial charge in [-0.15, -0.1) is 5.53 Å². The van der Waals surface area contributed by atoms with E-state index in [0.29, 0.717) is 17.1 Å². The monoisotopic (exact) mass is 469 g/mol. The van der Waals surface area contributed by atoms with E-state index < -0.39 is 0 Å². The summed E-state index contributed by atoms with van der Waals surface area (Å²) in [6.45, 7) is 4.24. The van der Waals surface area contributed by atoms with E-state index in [2.05, 4.69) is 34.5 Å². The number of fused-ring (bicyclic) bond motifs is 1. The highest BCUT2D eigenvalue weighted by molar-refractivity contribution is 6.30. The summed E-state index contributed by atoms with van der Waals surface area (Å²) in [5, 5.41) is 5.67. The van der Waals surface area contributed by atoms with E-state index >= 15 is 0 Å². The van der Waals surface area contributed by atoms with E-state index in [1.54, 1.807) is 12.1 Å². The number of carbonyl (C=O) groups excluding carboxylic acids is 1. The number of rotatable bonds is 4. The second-order valence-electron chi connectivity index (χ2n) is 8.95. The third-order valence-electron chi connectivity index (χ3n) is 6.87. The molecule has 3 heterocycles. The topological polar surface area (TPSA) is 59.6 Å². The van der Waals surface area contributed by atoms with Crippen LogP contribution in [0.4, 0.5) is 15.8 Å². The van der Waals surface area contributed by atoms with Crippen molar-refractivity contribution in [1.29, 1.82) is 0 Å². The van der Waals surface area contributed by atoms with Crippen LogP contribution in [-0.4, -0.2) is 36.5 Å². The number of hydrogen-bond donors (Lipinski definition) is 3. The van der Waals surface area contributed by atoms with Gasteiger partial charge in [0.25, 0.3) is 0 Å². The minimum atomic E-state index is -0.325. The van der Waals surface area contributed by atoms with Crippen LogP contribution < -0.4 is 21.3 Å². The second kappa shape index (κ2) is 9.33. The van der Waals surface area contributed by atoms with Gasteiger partial charge >= 0.3 is 0 Å². The Labute approximate surface area is 198 Å². The second-order valence-corrected chi connectivity index (χ2v) is 9.38. The van der Waals surface area contributed by atoms with Crippen molar-refractivity contribution in [3.63, 3.8) is 0 Å². The quantitative estimate of drug-likeness (QED) is 0.608. The van der Waals surface area contributed by atoms with Crippen molar-refractivity contribution in [2.75, 3.05) is 30.1 Å². The summed E-state index contributed by atoms with van der Waals surface area (Å²) in [4.78, 5) is 14.8. The van der Waals surface area contributed by atoms with E-state index in [9.17, 15) is 9.18 Å². The zero-order chi connectivity index (χ0) is 22.9. The molecule has 6 nitrogen and oxygen atoms in total. The zero-order valence-electron chi connectivity index (χ0n) is 18.7. The van der Waals surface area contributed by atoms with Crippen LogP contribution in [0.1, 0.15) is 49.8 Å². The van der Waals surface area contributed by atoms with Crippen LogP contribution in [0.3, 0.4) is 0 Å². The maximum Gasteiger partial charge on any atom is 0.239 e. The summed E-state index contributed by atoms with van der Waals surface area (Å²) in [5.74, 6) is -0.106. The van der Waals surface area contributed by atoms with E-state index in [1.807, 2.05) is 22.9 Å². The van der Waals surface area contributed by atoms with E-state index in [0.717, 1.165) is 55.7 Å². The number of hydrogen-bond acceptors (Lipinski definition) is 5. The Balaban J connectivity index is 1.32. The predicted molar refractivity (Wildman–Crippen MR) is 130 cm³/mol. The molecule has 1 fully saturated rings. The number of halogens is 2. The van der Waals surface area contributed by atoms with Gasteiger partial charge < -0.3 is 15.6 Å². The fourth-order valence-electron chi connectivity index (χ4n) is 4.92. The molecular formula is C25H29ClFN5O. The van der Waals surface area contributed by atoms with Crippen molar-refractivity contribution >= 4 is 34.5 Å². The lowest BCUT2D eigenvalue weighted by Gasteiger charge is -2.32. The van der Waals surface area contributed by atoms with Crippen molar-refractivity contribution in [1.82, 2.24) is 15.8 Å². The van der Waals surface area contributed by atoms with Gasteiger partial charge in [-0.1, -0.05) is 36.2 Å². The smallest absolute Gasteiger partial charge is 0.239 e. The summed E-state index contributed by atoms with van der Waals surface area (Å²) in [6.07, 6.45) is 6.17. The summed E-state index contributed by atoms with van der Waals surface area (Å²) < 4.78 is 14.5. The number of benzene rings is 2. The number of anilines is 2. The fraction of sp³-hybridized carbons (Fsp3) is 0.400. The average molecular weight is 470 g/mol. The molecule has 0 unspecified atom stereocenters. The summed E-state index contributed by atoms with van der Waals surface area (Å²) in [5.41, 5.74) is 11.1. The Hall–Kier alpha value is -2.61. The number of hydrazine groups is 2. The number of nitrogens with zero attached hydrogens (tertiary/aromatic N) is 2. The molecule has 0 bridgehead atoms. The number of carbonyl (C=O) groups is 1. The van der Waals surface area contributed by atoms with Crippen molar-refractivity contribution in [3.8, 4) is 0 Å². The van der Waals surface area contributed by atoms with Gasteiger partial charge in [-0.3, -0.25) is 9.80 Å². The predicted octanol–water partition coefficient (Wildman–Crippen LogP) is 4.65. The molecule has 2 atom stereocenters. The first kappa shape index (κ1) is 22.2. The van der Waals surface area contributed by atoms with Gasteiger partial charge in [0.15, 0.2) is 0 Å². The molecule has 1 amide bonds. The molecule has 8 heteroatoms. The third-order valence-corrected chi connectivity index (χ3v) is 7.10. The molecule has 2 aromatic carbocycles. The van der Waals surface area contributed by atoms with E-state index in [1.165, 1.54) is 11.6 Å². The van der Waals surface area contributed by atoms with Gasteiger partial charge in [-0.05, 0) is 68.1 Å². The highest BCUT2D eigenvalue weighted by Gasteiger charge is 2.29. The lowest BCUT2D eigenvalue weighted by molar-refractivity contribution is -0.133. The molecule has 5 rings (SSSR count). The van der Waals surface area contributed by atoms with Gasteiger partial charge in [0.2, 0.25) is 5.91 Å². The summed E-state index contributed by atoms with van der Waals surface area (Å²) in [7, 11) is 0. The molecule has 3 aliphatic rings. The molecular weight excluding hydrogens is 441 g/mol. The highest BCUT2D eigenvalue weighted by Crippen LogP contribution is 2.38. The highest BCUT2D eigenvalue weighted by atomic mass is 35.5. The van der Waals surface area contributed by atoms with Crippen LogP contribution >= 0.6 is 11.6 Å². The van der Waals surface area contributed by atoms with Crippen LogP contribution in [-0.2, 0) is 4.79 Å². The third kappa shape index (κ3) is 4.45. The first-order valence-electron chi connectivity index (χ1n) is 11.6. The normalized spacial score (nSPS) is 21.3. The van der Waals surface area contributed by atoms with Crippen LogP contribution in [0.25, 0.3) is 5.57 Å². The summed E-state index contributed by atoms with van der Waals surface area (Å²) >= 11 is 5.93. The van der Waals surface area contributed by atoms with Crippen molar-refractivity contribution < 1.29 is 9.18 Å². The van der Waals surface area contributed by atoms with Gasteiger partial charge in [0.1, 0.15) is 5.82 Å². The number of nitrogens with one attached hydrogen (secondary N) is 3. The van der Waals surface area contributed by atoms with Gasteiger partial charge in [-0.2, -0.15) is 0 Å². The Morgan fingerprint density at radius 1 is 1.21 bits per heavy atom. The van der Waals surface area contributed by atoms with Crippen molar-refractivity contribution in [2.24, 2.45) is 0 Å². The van der Waals surface area contributed by atoms with E-state index in [-0.39, 0.29) is 23.8 Å². The summed E-state index contributed by atoms with van der Waals surface area (Å²) in [6, 6.07) is 10.7. The maximum atomic E-state index is 14.5. The lowest BCUT2D eigenvalue weighted by Crippen LogP contribution is -2.49. The SMILES string of the molecule is C[C@H](c1ccc(Cl)cc1F)N1NNc2ccc(C3=CCN(C(=O)[C@H]4CCCCN4)CC3)cc21. The van der Waals surface area contributed by atoms with Crippen LogP contribution in [0.2, 0.25) is 5.02 Å². The van der Waals surface area contributed by atoms with Crippen molar-refractivity contribution in [2.45, 2.75) is 44.7 Å². The Morgan fingerprint density at radius 2 is 2.09 bits per heavy atom. The molecule has 174 valence electrons. The molecule has 3 aliphatic heterocycles. The zero-order valence-corrected chi connectivity index (χ0v) is 19.5. The standard InChI is InChI=1S/C25H29ClFN5O/c1-16(20-7-6-19(26)15-21(20)27)32-24-14-18(5-8-22(24)29-30-32)17-9-12-31(13-10-17)25(33)23-4-2-3-11-28-23/h5-9,14-16,23,28-30H,2-4,10-13H2,1H3/t16-,23-/m1/s1. The minimum absolute atomic E-state index is 0.0332. The molecule has 0 spiro atoms. The van der Waals surface area contributed by atoms with E-state index in [4.69, 9.17) is 11.6 Å². The largest absolute Gasteiger partial charge is 0.337 e. The van der Waals surface area contributed by atoms with Crippen LogP contribution in [0, 0.1) is 5.82 Å². The van der Waals surface area contributed by atoms with Crippen LogP contribution in [0.5, 0.6) is 0 Å². The molecule has 3 N–H and O–H groups in total.